The van der Waals surface area contributed by atoms with Gasteiger partial charge in [-0.1, -0.05) is 56.4 Å². The van der Waals surface area contributed by atoms with Crippen LogP contribution < -0.4 is 49.5 Å². The minimum atomic E-state index is -0.912. The van der Waals surface area contributed by atoms with Crippen molar-refractivity contribution in [2.24, 2.45) is 33.8 Å². The number of fused-ring (bicyclic) bond motifs is 2. The smallest absolute Gasteiger partial charge is 0.245 e. The van der Waals surface area contributed by atoms with E-state index in [0.29, 0.717) is 95.3 Å². The number of nitrogens with zero attached hydrogens (tertiary/aromatic N) is 1. The lowest BCUT2D eigenvalue weighted by Crippen LogP contribution is -2.54. The lowest BCUT2D eigenvalue weighted by molar-refractivity contribution is -0.132. The maximum atomic E-state index is 13.6. The van der Waals surface area contributed by atoms with Crippen molar-refractivity contribution in [3.8, 4) is 0 Å². The molecule has 2 aliphatic rings. The van der Waals surface area contributed by atoms with Crippen molar-refractivity contribution in [2.45, 2.75) is 133 Å². The maximum absolute atomic E-state index is 13.6. The van der Waals surface area contributed by atoms with E-state index in [-0.39, 0.29) is 36.6 Å². The van der Waals surface area contributed by atoms with Crippen LogP contribution in [0.15, 0.2) is 29.3 Å². The largest absolute Gasteiger partial charge is 0.370 e. The van der Waals surface area contributed by atoms with Crippen LogP contribution in [0.3, 0.4) is 0 Å². The van der Waals surface area contributed by atoms with Crippen molar-refractivity contribution in [1.29, 1.82) is 0 Å². The van der Waals surface area contributed by atoms with Crippen molar-refractivity contribution in [1.82, 2.24) is 26.6 Å². The molecule has 0 aromatic heterocycles. The van der Waals surface area contributed by atoms with E-state index in [1.807, 2.05) is 24.3 Å². The summed E-state index contributed by atoms with van der Waals surface area (Å²) in [5, 5.41) is 14.6. The molecular weight excluding hydrogens is 664 g/mol. The molecule has 3 rings (SSSR count). The van der Waals surface area contributed by atoms with E-state index in [1.165, 1.54) is 0 Å². The Morgan fingerprint density at radius 2 is 1.29 bits per heavy atom. The molecule has 1 fully saturated rings. The zero-order valence-electron chi connectivity index (χ0n) is 30.6. The Bertz CT molecular complexity index is 1330. The number of amides is 5. The third kappa shape index (κ3) is 15.6. The first kappa shape index (κ1) is 42.2. The van der Waals surface area contributed by atoms with E-state index < -0.39 is 36.0 Å². The minimum Gasteiger partial charge on any atom is -0.370 e. The van der Waals surface area contributed by atoms with Crippen LogP contribution in [0.4, 0.5) is 0 Å². The van der Waals surface area contributed by atoms with Crippen molar-refractivity contribution < 1.29 is 24.0 Å². The minimum absolute atomic E-state index is 0.00934. The predicted molar refractivity (Wildman–Crippen MR) is 201 cm³/mol. The number of carbonyl (C=O) groups is 5. The van der Waals surface area contributed by atoms with Crippen molar-refractivity contribution in [3.05, 3.63) is 35.4 Å². The Morgan fingerprint density at radius 1 is 0.673 bits per heavy atom. The standard InChI is InChI=1S/C37H62N10O5/c38-18-7-4-15-28-33(49)42-20-9-6-17-30(47-37(40)41)36(52)46-31(22-25-11-2-1-3-12-25)34(50)43-24-27-14-10-13-26(21-27)23-32(48)44-29(35(51)45-28)16-5-8-19-39/h10,13-14,21,25,28-31H,1-9,11-12,15-20,22-24,38-39H2,(H,42,49)(H,43,50)(H,44,48)(H,45,51)(H,46,52)(H4,40,41,47)/t28-,29-,30+,31+/m0/s1. The van der Waals surface area contributed by atoms with E-state index in [4.69, 9.17) is 22.9 Å². The summed E-state index contributed by atoms with van der Waals surface area (Å²) < 4.78 is 0. The lowest BCUT2D eigenvalue weighted by atomic mass is 9.84. The van der Waals surface area contributed by atoms with Crippen molar-refractivity contribution in [2.75, 3.05) is 19.6 Å². The van der Waals surface area contributed by atoms with Gasteiger partial charge in [0.1, 0.15) is 24.2 Å². The van der Waals surface area contributed by atoms with Gasteiger partial charge in [0.2, 0.25) is 29.5 Å². The molecule has 1 saturated carbocycles. The lowest BCUT2D eigenvalue weighted by Gasteiger charge is -2.27. The highest BCUT2D eigenvalue weighted by atomic mass is 16.2. The quantitative estimate of drug-likeness (QED) is 0.0871. The predicted octanol–water partition coefficient (Wildman–Crippen LogP) is 0.470. The zero-order valence-corrected chi connectivity index (χ0v) is 30.6. The third-order valence-electron chi connectivity index (χ3n) is 9.74. The summed E-state index contributed by atoms with van der Waals surface area (Å²) in [6, 6.07) is 3.94. The number of hydrogen-bond acceptors (Lipinski definition) is 8. The van der Waals surface area contributed by atoms with Gasteiger partial charge in [-0.05, 0) is 94.3 Å². The molecule has 1 aromatic carbocycles. The van der Waals surface area contributed by atoms with Gasteiger partial charge in [0.15, 0.2) is 5.96 Å². The van der Waals surface area contributed by atoms with Crippen LogP contribution in [0.5, 0.6) is 0 Å². The fraction of sp³-hybridized carbons (Fsp3) is 0.676. The molecule has 0 unspecified atom stereocenters. The molecule has 290 valence electrons. The highest BCUT2D eigenvalue weighted by molar-refractivity contribution is 5.93. The molecule has 2 bridgehead atoms. The number of benzene rings is 1. The van der Waals surface area contributed by atoms with Crippen LogP contribution in [0.2, 0.25) is 0 Å². The van der Waals surface area contributed by atoms with Crippen molar-refractivity contribution >= 4 is 35.5 Å². The van der Waals surface area contributed by atoms with Crippen LogP contribution in [0.25, 0.3) is 0 Å². The number of aliphatic imine (C=N–C) groups is 1. The molecule has 5 amide bonds. The number of nitrogens with two attached hydrogens (primary N) is 4. The van der Waals surface area contributed by atoms with Gasteiger partial charge in [-0.15, -0.1) is 0 Å². The van der Waals surface area contributed by atoms with Gasteiger partial charge in [0.25, 0.3) is 0 Å². The van der Waals surface area contributed by atoms with Gasteiger partial charge in [-0.3, -0.25) is 24.0 Å². The zero-order chi connectivity index (χ0) is 37.7. The molecule has 1 aliphatic carbocycles. The second-order valence-corrected chi connectivity index (χ2v) is 14.1. The summed E-state index contributed by atoms with van der Waals surface area (Å²) in [7, 11) is 0. The van der Waals surface area contributed by atoms with Gasteiger partial charge in [0, 0.05) is 13.1 Å². The average molecular weight is 727 g/mol. The molecular formula is C37H62N10O5. The fourth-order valence-corrected chi connectivity index (χ4v) is 6.88. The number of guanidine groups is 1. The first-order valence-corrected chi connectivity index (χ1v) is 19.1. The van der Waals surface area contributed by atoms with Crippen LogP contribution in [-0.2, 0) is 36.9 Å². The molecule has 15 nitrogen and oxygen atoms in total. The second-order valence-electron chi connectivity index (χ2n) is 14.1. The van der Waals surface area contributed by atoms with E-state index >= 15 is 0 Å². The molecule has 1 aliphatic heterocycles. The molecule has 13 N–H and O–H groups in total. The Kier molecular flexibility index (Phi) is 18.9. The van der Waals surface area contributed by atoms with E-state index in [2.05, 4.69) is 31.6 Å². The molecule has 4 atom stereocenters. The highest BCUT2D eigenvalue weighted by Crippen LogP contribution is 2.27. The fourth-order valence-electron chi connectivity index (χ4n) is 6.88. The summed E-state index contributed by atoms with van der Waals surface area (Å²) in [6.07, 6.45) is 10.5. The van der Waals surface area contributed by atoms with E-state index in [9.17, 15) is 24.0 Å². The molecule has 0 spiro atoms. The Labute approximate surface area is 308 Å². The van der Waals surface area contributed by atoms with Gasteiger partial charge in [-0.2, -0.15) is 0 Å². The molecule has 0 radical (unpaired) electrons. The van der Waals surface area contributed by atoms with Crippen molar-refractivity contribution in [3.63, 3.8) is 0 Å². The summed E-state index contributed by atoms with van der Waals surface area (Å²) in [5.41, 5.74) is 24.3. The Balaban J connectivity index is 1.87. The first-order chi connectivity index (χ1) is 25.1. The highest BCUT2D eigenvalue weighted by Gasteiger charge is 2.30. The number of hydrogen-bond donors (Lipinski definition) is 9. The number of carbonyl (C=O) groups excluding carboxylic acids is 5. The van der Waals surface area contributed by atoms with Crippen LogP contribution in [0.1, 0.15) is 107 Å². The van der Waals surface area contributed by atoms with Gasteiger partial charge >= 0.3 is 0 Å². The molecule has 15 heteroatoms. The molecule has 1 aromatic rings. The molecule has 1 heterocycles. The number of nitrogens with one attached hydrogen (secondary N) is 5. The monoisotopic (exact) mass is 726 g/mol. The Morgan fingerprint density at radius 3 is 1.96 bits per heavy atom. The van der Waals surface area contributed by atoms with E-state index in [1.54, 1.807) is 0 Å². The summed E-state index contributed by atoms with van der Waals surface area (Å²) in [5.74, 6) is -1.81. The topological polar surface area (TPSA) is 262 Å². The second kappa shape index (κ2) is 23.3. The summed E-state index contributed by atoms with van der Waals surface area (Å²) in [6.45, 7) is 1.39. The number of unbranched alkanes of at least 4 members (excludes halogenated alkanes) is 2. The average Bonchev–Trinajstić information content (AvgIpc) is 3.12. The van der Waals surface area contributed by atoms with Gasteiger partial charge < -0.3 is 49.5 Å². The summed E-state index contributed by atoms with van der Waals surface area (Å²) in [4.78, 5) is 71.6. The Hall–Kier alpha value is -4.24. The van der Waals surface area contributed by atoms with Crippen LogP contribution >= 0.6 is 0 Å². The normalized spacial score (nSPS) is 23.7. The van der Waals surface area contributed by atoms with Crippen LogP contribution in [0, 0.1) is 5.92 Å². The third-order valence-corrected chi connectivity index (χ3v) is 9.74. The first-order valence-electron chi connectivity index (χ1n) is 19.1. The SMILES string of the molecule is NCCCC[C@@H]1NC(=O)Cc2cccc(c2)CNC(=O)[C@@H](CC2CCCCC2)NC(=O)[C@H](N=C(N)N)CCCCNC(=O)[C@H](CCCCN)NC1=O. The van der Waals surface area contributed by atoms with Gasteiger partial charge in [-0.25, -0.2) is 4.99 Å². The molecule has 52 heavy (non-hydrogen) atoms. The molecule has 0 saturated heterocycles. The number of rotatable bonds is 11. The van der Waals surface area contributed by atoms with Crippen LogP contribution in [-0.4, -0.2) is 79.3 Å². The van der Waals surface area contributed by atoms with E-state index in [0.717, 1.165) is 37.7 Å². The van der Waals surface area contributed by atoms with Gasteiger partial charge in [0.05, 0.1) is 6.42 Å². The maximum Gasteiger partial charge on any atom is 0.245 e. The summed E-state index contributed by atoms with van der Waals surface area (Å²) >= 11 is 0.